The quantitative estimate of drug-likeness (QED) is 0.563. The van der Waals surface area contributed by atoms with Gasteiger partial charge in [-0.05, 0) is 62.4 Å². The smallest absolute Gasteiger partial charge is 0.244 e. The first-order valence-electron chi connectivity index (χ1n) is 11.2. The van der Waals surface area contributed by atoms with Gasteiger partial charge in [-0.25, -0.2) is 0 Å². The molecule has 0 unspecified atom stereocenters. The topological polar surface area (TPSA) is 54.0 Å². The third-order valence-corrected chi connectivity index (χ3v) is 6.24. The molecule has 1 saturated heterocycles. The van der Waals surface area contributed by atoms with Crippen LogP contribution in [0.25, 0.3) is 6.08 Å². The van der Waals surface area contributed by atoms with Crippen LogP contribution < -0.4 is 14.8 Å². The number of likely N-dealkylation sites (N-methyl/N-ethyl adjacent to an activating group) is 1. The average molecular weight is 489 g/mol. The fourth-order valence-corrected chi connectivity index (χ4v) is 4.09. The number of methoxy groups -OCH3 is 1. The number of carbonyl (C=O) groups is 1. The lowest BCUT2D eigenvalue weighted by molar-refractivity contribution is -0.117. The van der Waals surface area contributed by atoms with E-state index in [1.54, 1.807) is 13.2 Å². The second-order valence-electron chi connectivity index (χ2n) is 8.70. The molecule has 1 aliphatic heterocycles. The van der Waals surface area contributed by atoms with Gasteiger partial charge in [-0.2, -0.15) is 0 Å². The third-order valence-electron chi connectivity index (χ3n) is 6.24. The monoisotopic (exact) mass is 487 g/mol. The Balaban J connectivity index is 0.00000256. The number of ether oxygens (including phenoxy) is 2. The summed E-state index contributed by atoms with van der Waals surface area (Å²) in [6.45, 7) is 8.22. The lowest BCUT2D eigenvalue weighted by Gasteiger charge is -2.32. The van der Waals surface area contributed by atoms with Gasteiger partial charge in [0.1, 0.15) is 6.61 Å². The van der Waals surface area contributed by atoms with Gasteiger partial charge in [0.2, 0.25) is 5.91 Å². The summed E-state index contributed by atoms with van der Waals surface area (Å²) in [6, 6.07) is 6.10. The van der Waals surface area contributed by atoms with Gasteiger partial charge >= 0.3 is 0 Å². The number of benzene rings is 1. The molecular weight excluding hydrogens is 449 g/mol. The fourth-order valence-electron chi connectivity index (χ4n) is 4.09. The Labute approximate surface area is 205 Å². The number of amides is 1. The molecule has 1 heterocycles. The maximum atomic E-state index is 12.2. The molecule has 1 saturated carbocycles. The minimum Gasteiger partial charge on any atom is -0.493 e. The number of hydrogen-bond donors (Lipinski definition) is 1. The Bertz CT molecular complexity index is 716. The van der Waals surface area contributed by atoms with Crippen LogP contribution in [0.2, 0.25) is 0 Å². The van der Waals surface area contributed by atoms with Crippen LogP contribution in [0, 0.1) is 5.92 Å². The number of piperazine rings is 1. The van der Waals surface area contributed by atoms with E-state index in [1.165, 1.54) is 12.8 Å². The summed E-state index contributed by atoms with van der Waals surface area (Å²) in [4.78, 5) is 17.0. The van der Waals surface area contributed by atoms with E-state index in [-0.39, 0.29) is 30.7 Å². The molecule has 0 atom stereocenters. The summed E-state index contributed by atoms with van der Waals surface area (Å²) in [5.41, 5.74) is 0.922. The van der Waals surface area contributed by atoms with Gasteiger partial charge in [0.25, 0.3) is 0 Å². The predicted octanol–water partition coefficient (Wildman–Crippen LogP) is 3.87. The number of nitrogens with zero attached hydrogens (tertiary/aromatic N) is 2. The SMILES string of the molecule is COc1cc(C=CC(=O)NC2CCC(C)CC2)ccc1OCCN1CCN(C)CC1.Cl.Cl. The lowest BCUT2D eigenvalue weighted by atomic mass is 9.87. The van der Waals surface area contributed by atoms with Gasteiger partial charge in [0.15, 0.2) is 11.5 Å². The van der Waals surface area contributed by atoms with E-state index in [0.717, 1.165) is 62.8 Å². The van der Waals surface area contributed by atoms with Crippen LogP contribution in [0.1, 0.15) is 38.2 Å². The Hall–Kier alpha value is -1.47. The molecule has 6 nitrogen and oxygen atoms in total. The van der Waals surface area contributed by atoms with Crippen molar-refractivity contribution in [2.75, 3.05) is 53.5 Å². The highest BCUT2D eigenvalue weighted by Crippen LogP contribution is 2.28. The van der Waals surface area contributed by atoms with Gasteiger partial charge in [-0.15, -0.1) is 24.8 Å². The van der Waals surface area contributed by atoms with E-state index in [1.807, 2.05) is 24.3 Å². The maximum absolute atomic E-state index is 12.2. The van der Waals surface area contributed by atoms with Crippen molar-refractivity contribution in [3.63, 3.8) is 0 Å². The van der Waals surface area contributed by atoms with Crippen molar-refractivity contribution in [1.29, 1.82) is 0 Å². The minimum atomic E-state index is -0.0268. The van der Waals surface area contributed by atoms with Crippen molar-refractivity contribution in [2.24, 2.45) is 5.92 Å². The van der Waals surface area contributed by atoms with Gasteiger partial charge in [-0.3, -0.25) is 9.69 Å². The first kappa shape index (κ1) is 28.6. The lowest BCUT2D eigenvalue weighted by Crippen LogP contribution is -2.45. The number of rotatable bonds is 8. The minimum absolute atomic E-state index is 0. The van der Waals surface area contributed by atoms with Gasteiger partial charge in [0, 0.05) is 44.8 Å². The molecule has 1 aromatic carbocycles. The van der Waals surface area contributed by atoms with Crippen molar-refractivity contribution < 1.29 is 14.3 Å². The highest BCUT2D eigenvalue weighted by atomic mass is 35.5. The summed E-state index contributed by atoms with van der Waals surface area (Å²) in [6.07, 6.45) is 7.99. The molecule has 3 rings (SSSR count). The summed E-state index contributed by atoms with van der Waals surface area (Å²) < 4.78 is 11.5. The summed E-state index contributed by atoms with van der Waals surface area (Å²) >= 11 is 0. The second kappa shape index (κ2) is 14.6. The van der Waals surface area contributed by atoms with Crippen LogP contribution in [0.3, 0.4) is 0 Å². The van der Waals surface area contributed by atoms with Crippen molar-refractivity contribution in [2.45, 2.75) is 38.6 Å². The van der Waals surface area contributed by atoms with E-state index in [9.17, 15) is 4.79 Å². The van der Waals surface area contributed by atoms with Crippen LogP contribution in [0.4, 0.5) is 0 Å². The molecular formula is C24H39Cl2N3O3. The van der Waals surface area contributed by atoms with Crippen molar-refractivity contribution >= 4 is 36.8 Å². The van der Waals surface area contributed by atoms with Crippen molar-refractivity contribution in [3.05, 3.63) is 29.8 Å². The fraction of sp³-hybridized carbons (Fsp3) is 0.625. The average Bonchev–Trinajstić information content (AvgIpc) is 2.76. The Morgan fingerprint density at radius 3 is 2.44 bits per heavy atom. The van der Waals surface area contributed by atoms with E-state index in [4.69, 9.17) is 9.47 Å². The molecule has 2 aliphatic rings. The normalized spacial score (nSPS) is 22.0. The zero-order chi connectivity index (χ0) is 21.3. The first-order valence-corrected chi connectivity index (χ1v) is 11.2. The standard InChI is InChI=1S/C24H37N3O3.2ClH/c1-19-4-8-21(9-5-19)25-24(28)11-7-20-6-10-22(23(18-20)29-3)30-17-16-27-14-12-26(2)13-15-27;;/h6-7,10-11,18-19,21H,4-5,8-9,12-17H2,1-3H3,(H,25,28);2*1H. The summed E-state index contributed by atoms with van der Waals surface area (Å²) in [5.74, 6) is 2.19. The summed E-state index contributed by atoms with van der Waals surface area (Å²) in [7, 11) is 3.81. The second-order valence-corrected chi connectivity index (χ2v) is 8.70. The van der Waals surface area contributed by atoms with E-state index < -0.39 is 0 Å². The third kappa shape index (κ3) is 9.18. The number of nitrogens with one attached hydrogen (secondary N) is 1. The molecule has 0 aromatic heterocycles. The zero-order valence-electron chi connectivity index (χ0n) is 19.5. The van der Waals surface area contributed by atoms with Crippen molar-refractivity contribution in [1.82, 2.24) is 15.1 Å². The predicted molar refractivity (Wildman–Crippen MR) is 136 cm³/mol. The molecule has 32 heavy (non-hydrogen) atoms. The van der Waals surface area contributed by atoms with E-state index in [0.29, 0.717) is 18.4 Å². The Morgan fingerprint density at radius 1 is 1.09 bits per heavy atom. The molecule has 1 aromatic rings. The van der Waals surface area contributed by atoms with E-state index >= 15 is 0 Å². The molecule has 0 spiro atoms. The zero-order valence-corrected chi connectivity index (χ0v) is 21.2. The number of halogens is 2. The highest BCUT2D eigenvalue weighted by molar-refractivity contribution is 5.92. The number of carbonyl (C=O) groups excluding carboxylic acids is 1. The first-order chi connectivity index (χ1) is 14.5. The maximum Gasteiger partial charge on any atom is 0.244 e. The van der Waals surface area contributed by atoms with Crippen LogP contribution in [0.15, 0.2) is 24.3 Å². The van der Waals surface area contributed by atoms with Crippen LogP contribution in [0.5, 0.6) is 11.5 Å². The molecule has 0 bridgehead atoms. The molecule has 2 fully saturated rings. The van der Waals surface area contributed by atoms with Gasteiger partial charge in [-0.1, -0.05) is 13.0 Å². The van der Waals surface area contributed by atoms with Crippen LogP contribution >= 0.6 is 24.8 Å². The number of hydrogen-bond acceptors (Lipinski definition) is 5. The molecule has 182 valence electrons. The molecule has 0 radical (unpaired) electrons. The van der Waals surface area contributed by atoms with Gasteiger partial charge in [0.05, 0.1) is 7.11 Å². The molecule has 1 aliphatic carbocycles. The molecule has 1 amide bonds. The summed E-state index contributed by atoms with van der Waals surface area (Å²) in [5, 5.41) is 3.12. The van der Waals surface area contributed by atoms with Gasteiger partial charge < -0.3 is 19.7 Å². The largest absolute Gasteiger partial charge is 0.493 e. The Kier molecular flexibility index (Phi) is 13.1. The van der Waals surface area contributed by atoms with Crippen LogP contribution in [-0.4, -0.2) is 75.2 Å². The molecule has 8 heteroatoms. The van der Waals surface area contributed by atoms with Crippen LogP contribution in [-0.2, 0) is 4.79 Å². The molecule has 1 N–H and O–H groups in total. The highest BCUT2D eigenvalue weighted by Gasteiger charge is 2.19. The van der Waals surface area contributed by atoms with E-state index in [2.05, 4.69) is 29.1 Å². The Morgan fingerprint density at radius 2 is 1.78 bits per heavy atom. The van der Waals surface area contributed by atoms with Crippen molar-refractivity contribution in [3.8, 4) is 11.5 Å².